The van der Waals surface area contributed by atoms with Crippen LogP contribution in [0.5, 0.6) is 0 Å². The van der Waals surface area contributed by atoms with E-state index in [0.29, 0.717) is 6.54 Å². The molecular formula is C13H18N4O. The van der Waals surface area contributed by atoms with E-state index in [0.717, 1.165) is 23.2 Å². The SMILES string of the molecule is CC[C@@H](CO)NCc1cn[nH]c1-c1cccnc1. The third-order valence-corrected chi connectivity index (χ3v) is 2.96. The van der Waals surface area contributed by atoms with Crippen molar-refractivity contribution >= 4 is 0 Å². The summed E-state index contributed by atoms with van der Waals surface area (Å²) < 4.78 is 0. The Balaban J connectivity index is 2.09. The van der Waals surface area contributed by atoms with Gasteiger partial charge >= 0.3 is 0 Å². The molecule has 2 heterocycles. The van der Waals surface area contributed by atoms with Gasteiger partial charge in [0, 0.05) is 36.1 Å². The molecule has 0 aromatic carbocycles. The Morgan fingerprint density at radius 3 is 3.00 bits per heavy atom. The van der Waals surface area contributed by atoms with Crippen molar-refractivity contribution in [3.8, 4) is 11.3 Å². The second-order valence-electron chi connectivity index (χ2n) is 4.18. The van der Waals surface area contributed by atoms with Crippen LogP contribution in [0.1, 0.15) is 18.9 Å². The zero-order valence-corrected chi connectivity index (χ0v) is 10.4. The maximum Gasteiger partial charge on any atom is 0.0710 e. The highest BCUT2D eigenvalue weighted by molar-refractivity contribution is 5.61. The first kappa shape index (κ1) is 12.7. The molecule has 0 aliphatic rings. The summed E-state index contributed by atoms with van der Waals surface area (Å²) in [7, 11) is 0. The highest BCUT2D eigenvalue weighted by atomic mass is 16.3. The van der Waals surface area contributed by atoms with E-state index in [9.17, 15) is 0 Å². The molecule has 0 radical (unpaired) electrons. The standard InChI is InChI=1S/C13H18N4O/c1-2-12(9-18)15-7-11-8-16-17-13(11)10-4-3-5-14-6-10/h3-6,8,12,15,18H,2,7,9H2,1H3,(H,16,17)/t12-/m0/s1. The molecule has 0 spiro atoms. The van der Waals surface area contributed by atoms with Gasteiger partial charge in [-0.2, -0.15) is 5.10 Å². The van der Waals surface area contributed by atoms with Gasteiger partial charge in [0.25, 0.3) is 0 Å². The van der Waals surface area contributed by atoms with Crippen molar-refractivity contribution in [2.75, 3.05) is 6.61 Å². The number of aliphatic hydroxyl groups is 1. The fourth-order valence-electron chi connectivity index (χ4n) is 1.80. The molecule has 2 aromatic rings. The largest absolute Gasteiger partial charge is 0.395 e. The maximum atomic E-state index is 9.15. The first-order valence-electron chi connectivity index (χ1n) is 6.12. The third kappa shape index (κ3) is 2.94. The first-order valence-corrected chi connectivity index (χ1v) is 6.12. The van der Waals surface area contributed by atoms with Gasteiger partial charge in [0.1, 0.15) is 0 Å². The molecular weight excluding hydrogens is 228 g/mol. The van der Waals surface area contributed by atoms with Gasteiger partial charge in [0.05, 0.1) is 18.5 Å². The monoisotopic (exact) mass is 246 g/mol. The topological polar surface area (TPSA) is 73.8 Å². The number of rotatable bonds is 6. The molecule has 18 heavy (non-hydrogen) atoms. The van der Waals surface area contributed by atoms with Gasteiger partial charge < -0.3 is 10.4 Å². The van der Waals surface area contributed by atoms with Crippen molar-refractivity contribution in [3.63, 3.8) is 0 Å². The second kappa shape index (κ2) is 6.28. The predicted molar refractivity (Wildman–Crippen MR) is 69.8 cm³/mol. The van der Waals surface area contributed by atoms with E-state index in [4.69, 9.17) is 5.11 Å². The Kier molecular flexibility index (Phi) is 4.44. The molecule has 5 nitrogen and oxygen atoms in total. The number of nitrogens with one attached hydrogen (secondary N) is 2. The highest BCUT2D eigenvalue weighted by Gasteiger charge is 2.09. The lowest BCUT2D eigenvalue weighted by molar-refractivity contribution is 0.238. The molecule has 0 aliphatic heterocycles. The molecule has 96 valence electrons. The van der Waals surface area contributed by atoms with E-state index >= 15 is 0 Å². The molecule has 2 rings (SSSR count). The van der Waals surface area contributed by atoms with Crippen molar-refractivity contribution < 1.29 is 5.11 Å². The zero-order chi connectivity index (χ0) is 12.8. The lowest BCUT2D eigenvalue weighted by Gasteiger charge is -2.13. The molecule has 5 heteroatoms. The van der Waals surface area contributed by atoms with E-state index < -0.39 is 0 Å². The van der Waals surface area contributed by atoms with Crippen LogP contribution < -0.4 is 5.32 Å². The van der Waals surface area contributed by atoms with Gasteiger partial charge in [-0.15, -0.1) is 0 Å². The van der Waals surface area contributed by atoms with Gasteiger partial charge in [0.15, 0.2) is 0 Å². The average Bonchev–Trinajstić information content (AvgIpc) is 2.89. The zero-order valence-electron chi connectivity index (χ0n) is 10.4. The van der Waals surface area contributed by atoms with Gasteiger partial charge in [0.2, 0.25) is 0 Å². The van der Waals surface area contributed by atoms with Crippen LogP contribution >= 0.6 is 0 Å². The lowest BCUT2D eigenvalue weighted by atomic mass is 10.1. The van der Waals surface area contributed by atoms with Crippen molar-refractivity contribution in [2.24, 2.45) is 0 Å². The lowest BCUT2D eigenvalue weighted by Crippen LogP contribution is -2.31. The number of hydrogen-bond acceptors (Lipinski definition) is 4. The summed E-state index contributed by atoms with van der Waals surface area (Å²) in [5, 5.41) is 19.5. The van der Waals surface area contributed by atoms with Crippen LogP contribution in [0.15, 0.2) is 30.7 Å². The summed E-state index contributed by atoms with van der Waals surface area (Å²) in [5.74, 6) is 0. The van der Waals surface area contributed by atoms with Crippen LogP contribution in [0.4, 0.5) is 0 Å². The maximum absolute atomic E-state index is 9.15. The van der Waals surface area contributed by atoms with E-state index in [2.05, 4.69) is 20.5 Å². The van der Waals surface area contributed by atoms with E-state index in [1.54, 1.807) is 18.6 Å². The molecule has 3 N–H and O–H groups in total. The Hall–Kier alpha value is -1.72. The number of nitrogens with zero attached hydrogens (tertiary/aromatic N) is 2. The normalized spacial score (nSPS) is 12.6. The number of aromatic nitrogens is 3. The van der Waals surface area contributed by atoms with Crippen molar-refractivity contribution in [1.29, 1.82) is 0 Å². The Bertz CT molecular complexity index is 465. The number of aliphatic hydroxyl groups excluding tert-OH is 1. The predicted octanol–water partition coefficient (Wildman–Crippen LogP) is 1.33. The van der Waals surface area contributed by atoms with Crippen molar-refractivity contribution in [1.82, 2.24) is 20.5 Å². The molecule has 0 fully saturated rings. The van der Waals surface area contributed by atoms with Crippen molar-refractivity contribution in [2.45, 2.75) is 25.9 Å². The summed E-state index contributed by atoms with van der Waals surface area (Å²) in [6.45, 7) is 2.88. The smallest absolute Gasteiger partial charge is 0.0710 e. The third-order valence-electron chi connectivity index (χ3n) is 2.96. The summed E-state index contributed by atoms with van der Waals surface area (Å²) in [6, 6.07) is 4.02. The Labute approximate surface area is 106 Å². The molecule has 1 atom stereocenters. The highest BCUT2D eigenvalue weighted by Crippen LogP contribution is 2.19. The Morgan fingerprint density at radius 1 is 1.44 bits per heavy atom. The van der Waals surface area contributed by atoms with Crippen LogP contribution in [-0.2, 0) is 6.54 Å². The van der Waals surface area contributed by atoms with Gasteiger partial charge in [-0.25, -0.2) is 0 Å². The van der Waals surface area contributed by atoms with E-state index in [1.807, 2.05) is 19.1 Å². The second-order valence-corrected chi connectivity index (χ2v) is 4.18. The number of hydrogen-bond donors (Lipinski definition) is 3. The minimum Gasteiger partial charge on any atom is -0.395 e. The number of pyridine rings is 1. The quantitative estimate of drug-likeness (QED) is 0.719. The van der Waals surface area contributed by atoms with Gasteiger partial charge in [-0.1, -0.05) is 6.92 Å². The summed E-state index contributed by atoms with van der Waals surface area (Å²) in [6.07, 6.45) is 6.26. The summed E-state index contributed by atoms with van der Waals surface area (Å²) in [4.78, 5) is 4.10. The molecule has 0 saturated carbocycles. The molecule has 0 saturated heterocycles. The molecule has 0 unspecified atom stereocenters. The van der Waals surface area contributed by atoms with Crippen molar-refractivity contribution in [3.05, 3.63) is 36.3 Å². The fourth-order valence-corrected chi connectivity index (χ4v) is 1.80. The van der Waals surface area contributed by atoms with E-state index in [1.165, 1.54) is 0 Å². The van der Waals surface area contributed by atoms with Crippen LogP contribution in [0.2, 0.25) is 0 Å². The molecule has 2 aromatic heterocycles. The van der Waals surface area contributed by atoms with E-state index in [-0.39, 0.29) is 12.6 Å². The minimum absolute atomic E-state index is 0.127. The van der Waals surface area contributed by atoms with Gasteiger partial charge in [-0.3, -0.25) is 10.1 Å². The molecule has 0 amide bonds. The van der Waals surface area contributed by atoms with Crippen LogP contribution in [0, 0.1) is 0 Å². The van der Waals surface area contributed by atoms with Crippen LogP contribution in [0.3, 0.4) is 0 Å². The summed E-state index contributed by atoms with van der Waals surface area (Å²) >= 11 is 0. The molecule has 0 bridgehead atoms. The van der Waals surface area contributed by atoms with Gasteiger partial charge in [-0.05, 0) is 18.6 Å². The minimum atomic E-state index is 0.127. The fraction of sp³-hybridized carbons (Fsp3) is 0.385. The first-order chi connectivity index (χ1) is 8.85. The van der Waals surface area contributed by atoms with Crippen LogP contribution in [-0.4, -0.2) is 32.9 Å². The average molecular weight is 246 g/mol. The number of H-pyrrole nitrogens is 1. The number of aromatic amines is 1. The summed E-state index contributed by atoms with van der Waals surface area (Å²) in [5.41, 5.74) is 3.07. The van der Waals surface area contributed by atoms with Crippen LogP contribution in [0.25, 0.3) is 11.3 Å². The Morgan fingerprint density at radius 2 is 2.33 bits per heavy atom. The molecule has 0 aliphatic carbocycles.